The van der Waals surface area contributed by atoms with Crippen molar-refractivity contribution < 1.29 is 4.79 Å². The highest BCUT2D eigenvalue weighted by Crippen LogP contribution is 2.38. The van der Waals surface area contributed by atoms with E-state index >= 15 is 0 Å². The van der Waals surface area contributed by atoms with Gasteiger partial charge in [0, 0.05) is 29.3 Å². The average Bonchev–Trinajstić information content (AvgIpc) is 2.69. The number of nitrogens with zero attached hydrogens (tertiary/aromatic N) is 1. The van der Waals surface area contributed by atoms with Gasteiger partial charge in [0.2, 0.25) is 5.91 Å². The van der Waals surface area contributed by atoms with Crippen LogP contribution in [0.15, 0.2) is 16.6 Å². The minimum atomic E-state index is -0.235. The Morgan fingerprint density at radius 3 is 2.76 bits per heavy atom. The first-order chi connectivity index (χ1) is 9.93. The number of carbonyl (C=O) groups excluding carboxylic acids is 1. The molecule has 0 saturated carbocycles. The van der Waals surface area contributed by atoms with Gasteiger partial charge in [-0.3, -0.25) is 4.79 Å². The van der Waals surface area contributed by atoms with E-state index in [1.54, 1.807) is 0 Å². The van der Waals surface area contributed by atoms with E-state index in [-0.39, 0.29) is 11.9 Å². The van der Waals surface area contributed by atoms with E-state index in [0.29, 0.717) is 5.92 Å². The smallest absolute Gasteiger partial charge is 0.246 e. The second kappa shape index (κ2) is 6.79. The Morgan fingerprint density at radius 1 is 1.43 bits per heavy atom. The number of nitrogens with one attached hydrogen (secondary N) is 2. The molecule has 0 saturated heterocycles. The molecule has 5 heteroatoms. The van der Waals surface area contributed by atoms with E-state index in [0.717, 1.165) is 40.9 Å². The van der Waals surface area contributed by atoms with Gasteiger partial charge in [0.05, 0.1) is 5.69 Å². The van der Waals surface area contributed by atoms with E-state index in [1.165, 1.54) is 0 Å². The predicted octanol–water partition coefficient (Wildman–Crippen LogP) is 3.53. The van der Waals surface area contributed by atoms with Gasteiger partial charge in [0.25, 0.3) is 0 Å². The fraction of sp³-hybridized carbons (Fsp3) is 0.562. The molecule has 1 heterocycles. The molecule has 1 atom stereocenters. The Morgan fingerprint density at radius 2 is 2.14 bits per heavy atom. The summed E-state index contributed by atoms with van der Waals surface area (Å²) in [6.07, 6.45) is 1.01. The lowest BCUT2D eigenvalue weighted by Crippen LogP contribution is -2.28. The Bertz CT molecular complexity index is 530. The molecule has 4 nitrogen and oxygen atoms in total. The van der Waals surface area contributed by atoms with Crippen LogP contribution in [0, 0.1) is 5.92 Å². The Balaban J connectivity index is 2.28. The molecule has 1 unspecified atom stereocenters. The molecule has 2 N–H and O–H groups in total. The number of benzene rings is 1. The van der Waals surface area contributed by atoms with Gasteiger partial charge in [0.1, 0.15) is 6.04 Å². The summed E-state index contributed by atoms with van der Waals surface area (Å²) < 4.78 is 1.03. The molecule has 0 fully saturated rings. The molecule has 21 heavy (non-hydrogen) atoms. The normalized spacial score (nSPS) is 17.0. The highest BCUT2D eigenvalue weighted by Gasteiger charge is 2.31. The van der Waals surface area contributed by atoms with Crippen LogP contribution in [-0.4, -0.2) is 26.0 Å². The molecule has 0 spiro atoms. The zero-order valence-corrected chi connectivity index (χ0v) is 14.8. The molecule has 1 amide bonds. The van der Waals surface area contributed by atoms with Gasteiger partial charge in [-0.05, 0) is 46.9 Å². The molecule has 116 valence electrons. The van der Waals surface area contributed by atoms with Crippen molar-refractivity contribution in [1.82, 2.24) is 5.32 Å². The zero-order chi connectivity index (χ0) is 15.6. The van der Waals surface area contributed by atoms with Gasteiger partial charge in [-0.15, -0.1) is 0 Å². The third kappa shape index (κ3) is 3.58. The van der Waals surface area contributed by atoms with E-state index in [2.05, 4.69) is 71.4 Å². The first-order valence-corrected chi connectivity index (χ1v) is 8.32. The Labute approximate surface area is 135 Å². The maximum absolute atomic E-state index is 12.1. The summed E-state index contributed by atoms with van der Waals surface area (Å²) in [5.74, 6) is 0.623. The van der Waals surface area contributed by atoms with Gasteiger partial charge in [0.15, 0.2) is 0 Å². The summed E-state index contributed by atoms with van der Waals surface area (Å²) in [4.78, 5) is 14.3. The maximum Gasteiger partial charge on any atom is 0.246 e. The number of carbonyl (C=O) groups is 1. The van der Waals surface area contributed by atoms with Crippen LogP contribution in [0.5, 0.6) is 0 Å². The number of halogens is 1. The first kappa shape index (κ1) is 16.3. The van der Waals surface area contributed by atoms with Gasteiger partial charge in [-0.25, -0.2) is 0 Å². The minimum absolute atomic E-state index is 0.0361. The molecular formula is C16H24BrN3O. The van der Waals surface area contributed by atoms with Crippen LogP contribution in [0.4, 0.5) is 11.4 Å². The predicted molar refractivity (Wildman–Crippen MR) is 91.9 cm³/mol. The molecule has 0 aliphatic carbocycles. The van der Waals surface area contributed by atoms with Crippen molar-refractivity contribution >= 4 is 33.2 Å². The molecule has 1 aromatic carbocycles. The van der Waals surface area contributed by atoms with Crippen molar-refractivity contribution in [3.05, 3.63) is 22.2 Å². The minimum Gasteiger partial charge on any atom is -0.373 e. The van der Waals surface area contributed by atoms with Gasteiger partial charge >= 0.3 is 0 Å². The quantitative estimate of drug-likeness (QED) is 0.821. The Hall–Kier alpha value is -1.07. The van der Waals surface area contributed by atoms with Crippen molar-refractivity contribution in [3.63, 3.8) is 0 Å². The van der Waals surface area contributed by atoms with Crippen molar-refractivity contribution in [2.75, 3.05) is 30.4 Å². The SMILES string of the molecule is CCCNC1C(=O)Nc2cc(N(C)CC(C)C)c(Br)cc21. The highest BCUT2D eigenvalue weighted by molar-refractivity contribution is 9.10. The number of hydrogen-bond acceptors (Lipinski definition) is 3. The first-order valence-electron chi connectivity index (χ1n) is 7.52. The molecule has 1 aromatic rings. The fourth-order valence-electron chi connectivity index (χ4n) is 2.70. The maximum atomic E-state index is 12.1. The summed E-state index contributed by atoms with van der Waals surface area (Å²) in [6, 6.07) is 3.89. The summed E-state index contributed by atoms with van der Waals surface area (Å²) in [5, 5.41) is 6.28. The van der Waals surface area contributed by atoms with Crippen LogP contribution >= 0.6 is 15.9 Å². The van der Waals surface area contributed by atoms with Crippen LogP contribution in [0.2, 0.25) is 0 Å². The number of hydrogen-bond donors (Lipinski definition) is 2. The average molecular weight is 354 g/mol. The molecule has 1 aliphatic heterocycles. The van der Waals surface area contributed by atoms with E-state index in [1.807, 2.05) is 0 Å². The summed E-state index contributed by atoms with van der Waals surface area (Å²) >= 11 is 3.65. The van der Waals surface area contributed by atoms with Crippen LogP contribution in [0.1, 0.15) is 38.8 Å². The summed E-state index contributed by atoms with van der Waals surface area (Å²) in [7, 11) is 2.08. The topological polar surface area (TPSA) is 44.4 Å². The molecule has 1 aliphatic rings. The number of amides is 1. The van der Waals surface area contributed by atoms with E-state index in [9.17, 15) is 4.79 Å². The van der Waals surface area contributed by atoms with E-state index in [4.69, 9.17) is 0 Å². The van der Waals surface area contributed by atoms with Crippen LogP contribution in [0.3, 0.4) is 0 Å². The van der Waals surface area contributed by atoms with Crippen molar-refractivity contribution in [2.24, 2.45) is 5.92 Å². The van der Waals surface area contributed by atoms with Crippen LogP contribution < -0.4 is 15.5 Å². The van der Waals surface area contributed by atoms with Crippen molar-refractivity contribution in [2.45, 2.75) is 33.2 Å². The lowest BCUT2D eigenvalue weighted by atomic mass is 10.1. The van der Waals surface area contributed by atoms with Gasteiger partial charge in [-0.1, -0.05) is 20.8 Å². The van der Waals surface area contributed by atoms with Crippen molar-refractivity contribution in [1.29, 1.82) is 0 Å². The third-order valence-electron chi connectivity index (χ3n) is 3.60. The molecule has 0 radical (unpaired) electrons. The third-order valence-corrected chi connectivity index (χ3v) is 4.23. The van der Waals surface area contributed by atoms with Crippen molar-refractivity contribution in [3.8, 4) is 0 Å². The van der Waals surface area contributed by atoms with Crippen LogP contribution in [0.25, 0.3) is 0 Å². The number of anilines is 2. The largest absolute Gasteiger partial charge is 0.373 e. The fourth-order valence-corrected chi connectivity index (χ4v) is 3.36. The van der Waals surface area contributed by atoms with Gasteiger partial charge < -0.3 is 15.5 Å². The standard InChI is InChI=1S/C16H24BrN3O/c1-5-6-18-15-11-7-12(17)14(20(4)9-10(2)3)8-13(11)19-16(15)21/h7-8,10,15,18H,5-6,9H2,1-4H3,(H,19,21). The Kier molecular flexibility index (Phi) is 5.27. The number of rotatable bonds is 6. The highest BCUT2D eigenvalue weighted by atomic mass is 79.9. The molecular weight excluding hydrogens is 330 g/mol. The summed E-state index contributed by atoms with van der Waals surface area (Å²) in [6.45, 7) is 8.31. The monoisotopic (exact) mass is 353 g/mol. The number of fused-ring (bicyclic) bond motifs is 1. The zero-order valence-electron chi connectivity index (χ0n) is 13.2. The second-order valence-corrected chi connectivity index (χ2v) is 6.90. The van der Waals surface area contributed by atoms with Gasteiger partial charge in [-0.2, -0.15) is 0 Å². The molecule has 2 rings (SSSR count). The molecule has 0 bridgehead atoms. The lowest BCUT2D eigenvalue weighted by molar-refractivity contribution is -0.117. The second-order valence-electron chi connectivity index (χ2n) is 6.04. The summed E-state index contributed by atoms with van der Waals surface area (Å²) in [5.41, 5.74) is 3.06. The van der Waals surface area contributed by atoms with Crippen LogP contribution in [-0.2, 0) is 4.79 Å². The molecule has 0 aromatic heterocycles. The van der Waals surface area contributed by atoms with E-state index < -0.39 is 0 Å². The lowest BCUT2D eigenvalue weighted by Gasteiger charge is -2.24.